The Balaban J connectivity index is 1.49. The summed E-state index contributed by atoms with van der Waals surface area (Å²) in [6.07, 6.45) is 0.533. The number of hydrogen-bond donors (Lipinski definition) is 3. The first-order valence-electron chi connectivity index (χ1n) is 11.4. The highest BCUT2D eigenvalue weighted by Crippen LogP contribution is 2.42. The van der Waals surface area contributed by atoms with E-state index >= 15 is 0 Å². The second-order valence-corrected chi connectivity index (χ2v) is 9.84. The van der Waals surface area contributed by atoms with Crippen LogP contribution in [0.25, 0.3) is 0 Å². The fraction of sp³-hybridized carbons (Fsp3) is 0.444. The zero-order valence-corrected chi connectivity index (χ0v) is 19.5. The molecule has 6 heteroatoms. The zero-order valence-electron chi connectivity index (χ0n) is 19.5. The number of benzene rings is 2. The van der Waals surface area contributed by atoms with Gasteiger partial charge in [-0.05, 0) is 44.0 Å². The van der Waals surface area contributed by atoms with Gasteiger partial charge in [-0.25, -0.2) is 4.79 Å². The van der Waals surface area contributed by atoms with Gasteiger partial charge in [0.05, 0.1) is 11.6 Å². The largest absolute Gasteiger partial charge is 0.438 e. The second kappa shape index (κ2) is 8.83. The molecule has 2 aromatic carbocycles. The molecule has 6 nitrogen and oxygen atoms in total. The van der Waals surface area contributed by atoms with Gasteiger partial charge >= 0.3 is 6.09 Å². The van der Waals surface area contributed by atoms with Crippen LogP contribution in [0.2, 0.25) is 0 Å². The first-order chi connectivity index (χ1) is 15.6. The summed E-state index contributed by atoms with van der Waals surface area (Å²) in [5.41, 5.74) is -0.0689. The maximum Gasteiger partial charge on any atom is 0.411 e. The third-order valence-corrected chi connectivity index (χ3v) is 6.43. The quantitative estimate of drug-likeness (QED) is 0.612. The van der Waals surface area contributed by atoms with E-state index in [2.05, 4.69) is 17.2 Å². The highest BCUT2D eigenvalue weighted by molar-refractivity contribution is 5.70. The number of hydrogen-bond acceptors (Lipinski definition) is 5. The van der Waals surface area contributed by atoms with E-state index in [0.717, 1.165) is 16.7 Å². The van der Waals surface area contributed by atoms with Crippen LogP contribution in [0, 0.1) is 11.8 Å². The highest BCUT2D eigenvalue weighted by atomic mass is 16.6. The lowest BCUT2D eigenvalue weighted by atomic mass is 9.80. The molecule has 2 heterocycles. The second-order valence-electron chi connectivity index (χ2n) is 9.84. The molecule has 2 saturated heterocycles. The number of rotatable bonds is 5. The van der Waals surface area contributed by atoms with Crippen molar-refractivity contribution in [3.63, 3.8) is 0 Å². The van der Waals surface area contributed by atoms with Crippen molar-refractivity contribution in [1.82, 2.24) is 10.2 Å². The summed E-state index contributed by atoms with van der Waals surface area (Å²) in [4.78, 5) is 14.9. The molecule has 0 unspecified atom stereocenters. The molecular formula is C27H32N2O4. The van der Waals surface area contributed by atoms with Crippen molar-refractivity contribution in [3.8, 4) is 11.8 Å². The van der Waals surface area contributed by atoms with Gasteiger partial charge in [0.15, 0.2) is 0 Å². The SMILES string of the molecule is C[C@@H](c1ccc(C#CC2(O)CNC2)cc1)N1CC[C@](CC(C)(C)O)(c2ccccc2)OC1=O. The molecule has 0 bridgehead atoms. The Morgan fingerprint density at radius 1 is 1.15 bits per heavy atom. The minimum Gasteiger partial charge on any atom is -0.438 e. The maximum absolute atomic E-state index is 13.2. The lowest BCUT2D eigenvalue weighted by molar-refractivity contribution is -0.101. The topological polar surface area (TPSA) is 82.0 Å². The van der Waals surface area contributed by atoms with E-state index in [1.165, 1.54) is 0 Å². The minimum atomic E-state index is -0.983. The standard InChI is InChI=1S/C27H32N2O4/c1-20(22-11-9-21(10-12-22)13-14-26(32)18-28-19-26)29-16-15-27(33-24(29)30,17-25(2,3)31)23-7-5-4-6-8-23/h4-12,20,28,31-32H,15-19H2,1-3H3/t20-,27-/m0/s1. The van der Waals surface area contributed by atoms with Gasteiger partial charge in [0.2, 0.25) is 0 Å². The van der Waals surface area contributed by atoms with Crippen molar-refractivity contribution in [2.24, 2.45) is 0 Å². The number of cyclic esters (lactones) is 1. The van der Waals surface area contributed by atoms with Crippen LogP contribution in [0.15, 0.2) is 54.6 Å². The van der Waals surface area contributed by atoms with Crippen molar-refractivity contribution >= 4 is 6.09 Å². The maximum atomic E-state index is 13.2. The first kappa shape index (κ1) is 23.3. The Morgan fingerprint density at radius 2 is 1.82 bits per heavy atom. The van der Waals surface area contributed by atoms with Gasteiger partial charge in [-0.2, -0.15) is 0 Å². The number of carbonyl (C=O) groups excluding carboxylic acids is 1. The summed E-state index contributed by atoms with van der Waals surface area (Å²) in [6, 6.07) is 17.2. The Bertz CT molecular complexity index is 1050. The minimum absolute atomic E-state index is 0.171. The fourth-order valence-corrected chi connectivity index (χ4v) is 4.56. The van der Waals surface area contributed by atoms with Crippen molar-refractivity contribution in [2.45, 2.75) is 56.5 Å². The summed E-state index contributed by atoms with van der Waals surface area (Å²) in [6.45, 7) is 6.97. The molecule has 0 saturated carbocycles. The summed E-state index contributed by atoms with van der Waals surface area (Å²) >= 11 is 0. The van der Waals surface area contributed by atoms with E-state index in [0.29, 0.717) is 32.5 Å². The summed E-state index contributed by atoms with van der Waals surface area (Å²) in [5.74, 6) is 5.94. The Labute approximate surface area is 195 Å². The van der Waals surface area contributed by atoms with Crippen molar-refractivity contribution in [3.05, 3.63) is 71.3 Å². The van der Waals surface area contributed by atoms with Gasteiger partial charge in [0.1, 0.15) is 11.2 Å². The monoisotopic (exact) mass is 448 g/mol. The Hall–Kier alpha value is -2.85. The third-order valence-electron chi connectivity index (χ3n) is 6.43. The van der Waals surface area contributed by atoms with E-state index in [1.807, 2.05) is 61.5 Å². The molecule has 33 heavy (non-hydrogen) atoms. The molecule has 2 atom stereocenters. The van der Waals surface area contributed by atoms with Gasteiger partial charge < -0.3 is 25.2 Å². The van der Waals surface area contributed by atoms with Crippen LogP contribution in [0.4, 0.5) is 4.79 Å². The summed E-state index contributed by atoms with van der Waals surface area (Å²) in [5, 5.41) is 23.7. The van der Waals surface area contributed by atoms with Gasteiger partial charge in [-0.15, -0.1) is 0 Å². The molecule has 1 amide bonds. The van der Waals surface area contributed by atoms with Crippen LogP contribution >= 0.6 is 0 Å². The molecule has 2 aliphatic rings. The Morgan fingerprint density at radius 3 is 2.36 bits per heavy atom. The van der Waals surface area contributed by atoms with Crippen LogP contribution in [-0.4, -0.2) is 52.0 Å². The van der Waals surface area contributed by atoms with Crippen LogP contribution < -0.4 is 5.32 Å². The fourth-order valence-electron chi connectivity index (χ4n) is 4.56. The van der Waals surface area contributed by atoms with Crippen LogP contribution in [0.1, 0.15) is 56.3 Å². The predicted octanol–water partition coefficient (Wildman–Crippen LogP) is 3.33. The molecule has 2 aliphatic heterocycles. The van der Waals surface area contributed by atoms with E-state index in [9.17, 15) is 15.0 Å². The van der Waals surface area contributed by atoms with Gasteiger partial charge in [0.25, 0.3) is 0 Å². The van der Waals surface area contributed by atoms with E-state index in [4.69, 9.17) is 4.74 Å². The van der Waals surface area contributed by atoms with Crippen LogP contribution in [-0.2, 0) is 10.3 Å². The molecule has 4 rings (SSSR count). The number of nitrogens with zero attached hydrogens (tertiary/aromatic N) is 1. The summed E-state index contributed by atoms with van der Waals surface area (Å²) < 4.78 is 6.08. The molecule has 0 aliphatic carbocycles. The van der Waals surface area contributed by atoms with E-state index in [-0.39, 0.29) is 12.1 Å². The smallest absolute Gasteiger partial charge is 0.411 e. The average molecular weight is 449 g/mol. The molecule has 0 aromatic heterocycles. The lowest BCUT2D eigenvalue weighted by Gasteiger charge is -2.45. The van der Waals surface area contributed by atoms with Gasteiger partial charge in [0, 0.05) is 38.0 Å². The molecule has 3 N–H and O–H groups in total. The number of ether oxygens (including phenoxy) is 1. The predicted molar refractivity (Wildman–Crippen MR) is 126 cm³/mol. The first-order valence-corrected chi connectivity index (χ1v) is 11.4. The number of aliphatic hydroxyl groups is 2. The highest BCUT2D eigenvalue weighted by Gasteiger charge is 2.46. The van der Waals surface area contributed by atoms with Crippen LogP contribution in [0.3, 0.4) is 0 Å². The average Bonchev–Trinajstić information content (AvgIpc) is 2.76. The number of carbonyl (C=O) groups is 1. The van der Waals surface area contributed by atoms with Gasteiger partial charge in [-0.3, -0.25) is 0 Å². The van der Waals surface area contributed by atoms with Crippen molar-refractivity contribution in [1.29, 1.82) is 0 Å². The number of nitrogens with one attached hydrogen (secondary N) is 1. The number of β-amino-alcohol motifs (C(OH)–C–C–N with tert-alkyl or cyclic N) is 1. The molecule has 0 radical (unpaired) electrons. The normalized spacial score (nSPS) is 23.1. The number of amides is 1. The van der Waals surface area contributed by atoms with Crippen molar-refractivity contribution < 1.29 is 19.7 Å². The zero-order chi connectivity index (χ0) is 23.7. The van der Waals surface area contributed by atoms with Gasteiger partial charge in [-0.1, -0.05) is 54.3 Å². The van der Waals surface area contributed by atoms with E-state index < -0.39 is 16.8 Å². The molecule has 174 valence electrons. The molecular weight excluding hydrogens is 416 g/mol. The van der Waals surface area contributed by atoms with Crippen molar-refractivity contribution in [2.75, 3.05) is 19.6 Å². The molecule has 2 fully saturated rings. The molecule has 0 spiro atoms. The van der Waals surface area contributed by atoms with Crippen LogP contribution in [0.5, 0.6) is 0 Å². The van der Waals surface area contributed by atoms with E-state index in [1.54, 1.807) is 18.7 Å². The molecule has 2 aromatic rings. The Kier molecular flexibility index (Phi) is 6.24. The summed E-state index contributed by atoms with van der Waals surface area (Å²) in [7, 11) is 0. The lowest BCUT2D eigenvalue weighted by Crippen LogP contribution is -2.58. The third kappa shape index (κ3) is 5.22.